The maximum Gasteiger partial charge on any atom is 0.272 e. The first-order valence-corrected chi connectivity index (χ1v) is 10.1. The molecule has 0 atom stereocenters. The molecule has 0 aliphatic carbocycles. The van der Waals surface area contributed by atoms with E-state index in [0.717, 1.165) is 13.1 Å². The summed E-state index contributed by atoms with van der Waals surface area (Å²) >= 11 is 0. The summed E-state index contributed by atoms with van der Waals surface area (Å²) in [5.41, 5.74) is 0.846. The predicted octanol–water partition coefficient (Wildman–Crippen LogP) is 1.97. The molecule has 2 heterocycles. The van der Waals surface area contributed by atoms with Crippen molar-refractivity contribution < 1.29 is 8.42 Å². The Kier molecular flexibility index (Phi) is 5.17. The van der Waals surface area contributed by atoms with Gasteiger partial charge < -0.3 is 14.9 Å². The van der Waals surface area contributed by atoms with Gasteiger partial charge in [0.1, 0.15) is 5.52 Å². The number of aromatic amines is 2. The van der Waals surface area contributed by atoms with Crippen LogP contribution in [0.25, 0.3) is 21.8 Å². The quantitative estimate of drug-likeness (QED) is 0.660. The molecule has 2 aromatic heterocycles. The number of pyridine rings is 1. The summed E-state index contributed by atoms with van der Waals surface area (Å²) in [7, 11) is -2.00. The van der Waals surface area contributed by atoms with E-state index in [4.69, 9.17) is 0 Å². The average Bonchev–Trinajstić information content (AvgIpc) is 3.13. The molecule has 7 nitrogen and oxygen atoms in total. The van der Waals surface area contributed by atoms with Gasteiger partial charge in [0, 0.05) is 42.6 Å². The lowest BCUT2D eigenvalue weighted by molar-refractivity contribution is 0.282. The molecule has 1 aromatic carbocycles. The van der Waals surface area contributed by atoms with E-state index in [2.05, 4.69) is 28.7 Å². The van der Waals surface area contributed by atoms with E-state index in [9.17, 15) is 13.2 Å². The Bertz CT molecular complexity index is 1080. The molecule has 0 bridgehead atoms. The minimum absolute atomic E-state index is 0.218. The second-order valence-corrected chi connectivity index (χ2v) is 8.33. The molecule has 0 aliphatic heterocycles. The van der Waals surface area contributed by atoms with Crippen LogP contribution in [0.4, 0.5) is 0 Å². The van der Waals surface area contributed by atoms with E-state index in [1.807, 2.05) is 0 Å². The SMILES string of the molecule is CCN(CC)CCN(C)S(=O)(=O)c1ccc2[nH]c(=O)c3[nH]ccc3c2c1. The van der Waals surface area contributed by atoms with Crippen LogP contribution in [0.5, 0.6) is 0 Å². The van der Waals surface area contributed by atoms with Crippen LogP contribution in [-0.4, -0.2) is 60.8 Å². The lowest BCUT2D eigenvalue weighted by atomic mass is 10.1. The fourth-order valence-electron chi connectivity index (χ4n) is 3.10. The van der Waals surface area contributed by atoms with Gasteiger partial charge in [-0.2, -0.15) is 4.31 Å². The minimum Gasteiger partial charge on any atom is -0.357 e. The van der Waals surface area contributed by atoms with E-state index >= 15 is 0 Å². The van der Waals surface area contributed by atoms with Crippen LogP contribution in [0.15, 0.2) is 40.2 Å². The summed E-state index contributed by atoms with van der Waals surface area (Å²) in [5, 5.41) is 1.42. The zero-order valence-corrected chi connectivity index (χ0v) is 16.1. The van der Waals surface area contributed by atoms with Gasteiger partial charge in [0.2, 0.25) is 10.0 Å². The number of benzene rings is 1. The van der Waals surface area contributed by atoms with Crippen LogP contribution in [0.1, 0.15) is 13.8 Å². The van der Waals surface area contributed by atoms with Crippen LogP contribution >= 0.6 is 0 Å². The molecule has 8 heteroatoms. The summed E-state index contributed by atoms with van der Waals surface area (Å²) in [6, 6.07) is 6.60. The predicted molar refractivity (Wildman–Crippen MR) is 104 cm³/mol. The van der Waals surface area contributed by atoms with Crippen molar-refractivity contribution in [2.75, 3.05) is 33.2 Å². The summed E-state index contributed by atoms with van der Waals surface area (Å²) < 4.78 is 27.2. The van der Waals surface area contributed by atoms with Crippen molar-refractivity contribution in [2.24, 2.45) is 0 Å². The van der Waals surface area contributed by atoms with Crippen molar-refractivity contribution in [3.05, 3.63) is 40.8 Å². The van der Waals surface area contributed by atoms with Crippen LogP contribution in [0.3, 0.4) is 0 Å². The van der Waals surface area contributed by atoms with Gasteiger partial charge in [-0.1, -0.05) is 13.8 Å². The number of rotatable bonds is 7. The fourth-order valence-corrected chi connectivity index (χ4v) is 4.29. The zero-order valence-electron chi connectivity index (χ0n) is 15.2. The highest BCUT2D eigenvalue weighted by atomic mass is 32.2. The van der Waals surface area contributed by atoms with Crippen LogP contribution in [0, 0.1) is 0 Å². The number of H-pyrrole nitrogens is 2. The van der Waals surface area contributed by atoms with E-state index in [1.165, 1.54) is 4.31 Å². The highest BCUT2D eigenvalue weighted by Crippen LogP contribution is 2.25. The molecule has 0 spiro atoms. The van der Waals surface area contributed by atoms with Crippen molar-refractivity contribution in [1.82, 2.24) is 19.2 Å². The molecule has 0 radical (unpaired) electrons. The number of aromatic nitrogens is 2. The zero-order chi connectivity index (χ0) is 18.9. The number of hydrogen-bond donors (Lipinski definition) is 2. The minimum atomic E-state index is -3.60. The number of nitrogens with zero attached hydrogens (tertiary/aromatic N) is 2. The molecule has 0 aliphatic rings. The highest BCUT2D eigenvalue weighted by molar-refractivity contribution is 7.89. The third-order valence-corrected chi connectivity index (χ3v) is 6.69. The maximum atomic E-state index is 12.9. The molecule has 0 unspecified atom stereocenters. The molecule has 3 aromatic rings. The first-order valence-electron chi connectivity index (χ1n) is 8.70. The van der Waals surface area contributed by atoms with E-state index < -0.39 is 10.0 Å². The third kappa shape index (κ3) is 3.27. The van der Waals surface area contributed by atoms with Gasteiger partial charge in [-0.05, 0) is 37.4 Å². The molecule has 0 saturated heterocycles. The Hall–Kier alpha value is -2.16. The van der Waals surface area contributed by atoms with Crippen molar-refractivity contribution in [2.45, 2.75) is 18.7 Å². The van der Waals surface area contributed by atoms with Crippen LogP contribution in [-0.2, 0) is 10.0 Å². The highest BCUT2D eigenvalue weighted by Gasteiger charge is 2.22. The molecular formula is C18H24N4O3S. The van der Waals surface area contributed by atoms with Gasteiger partial charge in [0.05, 0.1) is 4.90 Å². The van der Waals surface area contributed by atoms with E-state index in [-0.39, 0.29) is 10.5 Å². The summed E-state index contributed by atoms with van der Waals surface area (Å²) in [4.78, 5) is 20.1. The van der Waals surface area contributed by atoms with Gasteiger partial charge in [0.15, 0.2) is 0 Å². The lowest BCUT2D eigenvalue weighted by Crippen LogP contribution is -2.36. The summed E-state index contributed by atoms with van der Waals surface area (Å²) in [5.74, 6) is 0. The first kappa shape index (κ1) is 18.6. The number of hydrogen-bond acceptors (Lipinski definition) is 4. The van der Waals surface area contributed by atoms with Crippen molar-refractivity contribution >= 4 is 31.8 Å². The Morgan fingerprint density at radius 1 is 1.04 bits per heavy atom. The summed E-state index contributed by atoms with van der Waals surface area (Å²) in [6.07, 6.45) is 1.68. The molecule has 2 N–H and O–H groups in total. The van der Waals surface area contributed by atoms with E-state index in [1.54, 1.807) is 37.5 Å². The lowest BCUT2D eigenvalue weighted by Gasteiger charge is -2.23. The smallest absolute Gasteiger partial charge is 0.272 e. The van der Waals surface area contributed by atoms with Gasteiger partial charge in [0.25, 0.3) is 5.56 Å². The Balaban J connectivity index is 1.98. The number of sulfonamides is 1. The van der Waals surface area contributed by atoms with Gasteiger partial charge >= 0.3 is 0 Å². The number of likely N-dealkylation sites (N-methyl/N-ethyl adjacent to an activating group) is 2. The fraction of sp³-hybridized carbons (Fsp3) is 0.389. The third-order valence-electron chi connectivity index (χ3n) is 4.84. The van der Waals surface area contributed by atoms with E-state index in [0.29, 0.717) is 34.9 Å². The number of nitrogens with one attached hydrogen (secondary N) is 2. The second-order valence-electron chi connectivity index (χ2n) is 6.28. The van der Waals surface area contributed by atoms with Crippen molar-refractivity contribution in [1.29, 1.82) is 0 Å². The molecule has 0 fully saturated rings. The normalized spacial score (nSPS) is 12.7. The molecule has 0 saturated carbocycles. The second kappa shape index (κ2) is 7.22. The average molecular weight is 376 g/mol. The Labute approximate surface area is 152 Å². The van der Waals surface area contributed by atoms with Crippen molar-refractivity contribution in [3.8, 4) is 0 Å². The standard InChI is InChI=1S/C18H24N4O3S/c1-4-22(5-2)11-10-21(3)26(24,25)13-6-7-16-15(12-13)14-8-9-19-17(14)18(23)20-16/h6-9,12,19H,4-5,10-11H2,1-3H3,(H,20,23). The van der Waals surface area contributed by atoms with Crippen molar-refractivity contribution in [3.63, 3.8) is 0 Å². The molecule has 0 amide bonds. The largest absolute Gasteiger partial charge is 0.357 e. The monoisotopic (exact) mass is 376 g/mol. The number of fused-ring (bicyclic) bond motifs is 3. The van der Waals surface area contributed by atoms with Gasteiger partial charge in [-0.15, -0.1) is 0 Å². The topological polar surface area (TPSA) is 89.3 Å². The van der Waals surface area contributed by atoms with Crippen LogP contribution in [0.2, 0.25) is 0 Å². The molecule has 140 valence electrons. The molecular weight excluding hydrogens is 352 g/mol. The van der Waals surface area contributed by atoms with Gasteiger partial charge in [-0.3, -0.25) is 4.79 Å². The summed E-state index contributed by atoms with van der Waals surface area (Å²) in [6.45, 7) is 7.01. The van der Waals surface area contributed by atoms with Gasteiger partial charge in [-0.25, -0.2) is 8.42 Å². The van der Waals surface area contributed by atoms with Crippen LogP contribution < -0.4 is 5.56 Å². The Morgan fingerprint density at radius 3 is 2.46 bits per heavy atom. The maximum absolute atomic E-state index is 12.9. The molecule has 26 heavy (non-hydrogen) atoms. The molecule has 3 rings (SSSR count). The Morgan fingerprint density at radius 2 is 1.77 bits per heavy atom. The first-order chi connectivity index (χ1) is 12.4.